The Morgan fingerprint density at radius 3 is 1.43 bits per heavy atom. The molecule has 46 heavy (non-hydrogen) atoms. The van der Waals surface area contributed by atoms with Gasteiger partial charge in [0.05, 0.1) is 49.2 Å². The van der Waals surface area contributed by atoms with Crippen LogP contribution in [0.4, 0.5) is 28.4 Å². The van der Waals surface area contributed by atoms with Crippen LogP contribution < -0.4 is 9.64 Å². The summed E-state index contributed by atoms with van der Waals surface area (Å²) in [4.78, 5) is 13.3. The molecule has 10 nitrogen and oxygen atoms in total. The van der Waals surface area contributed by atoms with Gasteiger partial charge in [0.1, 0.15) is 5.75 Å². The van der Waals surface area contributed by atoms with E-state index >= 15 is 0 Å². The van der Waals surface area contributed by atoms with Crippen molar-refractivity contribution >= 4 is 34.4 Å². The molecule has 0 aliphatic rings. The van der Waals surface area contributed by atoms with E-state index in [4.69, 9.17) is 18.9 Å². The molecule has 248 valence electrons. The van der Waals surface area contributed by atoms with E-state index in [1.165, 1.54) is 19.3 Å². The second-order valence-electron chi connectivity index (χ2n) is 10.8. The Labute approximate surface area is 273 Å². The van der Waals surface area contributed by atoms with Gasteiger partial charge < -0.3 is 23.8 Å². The average molecular weight is 632 g/mol. The number of carbonyl (C=O) groups is 1. The van der Waals surface area contributed by atoms with E-state index < -0.39 is 0 Å². The van der Waals surface area contributed by atoms with Gasteiger partial charge in [-0.25, -0.2) is 0 Å². The molecule has 0 saturated heterocycles. The molecule has 0 radical (unpaired) electrons. The van der Waals surface area contributed by atoms with Crippen molar-refractivity contribution < 1.29 is 23.7 Å². The van der Waals surface area contributed by atoms with E-state index in [2.05, 4.69) is 25.4 Å². The van der Waals surface area contributed by atoms with Gasteiger partial charge >= 0.3 is 5.97 Å². The molecule has 0 spiro atoms. The number of ether oxygens (including phenoxy) is 4. The fourth-order valence-corrected chi connectivity index (χ4v) is 4.50. The van der Waals surface area contributed by atoms with Crippen LogP contribution >= 0.6 is 0 Å². The van der Waals surface area contributed by atoms with Crippen LogP contribution in [0.1, 0.15) is 58.3 Å². The Bertz CT molecular complexity index is 1290. The van der Waals surface area contributed by atoms with Gasteiger partial charge in [0, 0.05) is 39.4 Å². The number of esters is 1. The molecule has 0 saturated carbocycles. The van der Waals surface area contributed by atoms with Gasteiger partial charge in [-0.15, -0.1) is 0 Å². The van der Waals surface area contributed by atoms with Crippen molar-refractivity contribution in [2.45, 2.75) is 58.3 Å². The van der Waals surface area contributed by atoms with E-state index in [9.17, 15) is 4.79 Å². The topological polar surface area (TPSA) is 107 Å². The predicted octanol–water partition coefficient (Wildman–Crippen LogP) is 9.68. The Balaban J connectivity index is 1.34. The summed E-state index contributed by atoms with van der Waals surface area (Å²) >= 11 is 0. The van der Waals surface area contributed by atoms with Crippen molar-refractivity contribution in [1.29, 1.82) is 0 Å². The van der Waals surface area contributed by atoms with Crippen LogP contribution in [0.3, 0.4) is 0 Å². The number of rotatable bonds is 23. The van der Waals surface area contributed by atoms with Crippen LogP contribution in [0, 0.1) is 0 Å². The number of methoxy groups -OCH3 is 2. The van der Waals surface area contributed by atoms with Crippen LogP contribution in [-0.2, 0) is 19.0 Å². The van der Waals surface area contributed by atoms with E-state index in [-0.39, 0.29) is 5.97 Å². The smallest absolute Gasteiger partial charge is 0.305 e. The minimum atomic E-state index is -0.111. The Morgan fingerprint density at radius 2 is 0.978 bits per heavy atom. The number of hydrogen-bond acceptors (Lipinski definition) is 10. The maximum Gasteiger partial charge on any atom is 0.305 e. The zero-order valence-corrected chi connectivity index (χ0v) is 27.6. The first-order chi connectivity index (χ1) is 22.6. The molecule has 0 aromatic heterocycles. The summed E-state index contributed by atoms with van der Waals surface area (Å²) in [7, 11) is 3.41. The molecule has 0 unspecified atom stereocenters. The fraction of sp³-hybridized carbons (Fsp3) is 0.472. The number of anilines is 1. The van der Waals surface area contributed by atoms with Crippen LogP contribution in [0.2, 0.25) is 0 Å². The molecule has 0 atom stereocenters. The number of hydrogen-bond donors (Lipinski definition) is 0. The lowest BCUT2D eigenvalue weighted by Gasteiger charge is -2.24. The fourth-order valence-electron chi connectivity index (χ4n) is 4.50. The van der Waals surface area contributed by atoms with E-state index in [0.717, 1.165) is 73.0 Å². The number of nitrogens with zero attached hydrogens (tertiary/aromatic N) is 5. The third kappa shape index (κ3) is 14.8. The first-order valence-electron chi connectivity index (χ1n) is 16.3. The third-order valence-corrected chi connectivity index (χ3v) is 7.20. The van der Waals surface area contributed by atoms with Crippen molar-refractivity contribution in [2.24, 2.45) is 20.5 Å². The molecule has 0 aliphatic carbocycles. The maximum atomic E-state index is 11.1. The Morgan fingerprint density at radius 1 is 0.565 bits per heavy atom. The molecule has 0 amide bonds. The van der Waals surface area contributed by atoms with E-state index in [1.807, 2.05) is 79.7 Å². The summed E-state index contributed by atoms with van der Waals surface area (Å²) in [6, 6.07) is 23.1. The third-order valence-electron chi connectivity index (χ3n) is 7.20. The second-order valence-corrected chi connectivity index (χ2v) is 10.8. The number of benzene rings is 3. The molecule has 0 aliphatic heterocycles. The van der Waals surface area contributed by atoms with Crippen LogP contribution in [0.25, 0.3) is 0 Å². The van der Waals surface area contributed by atoms with Crippen LogP contribution in [0.15, 0.2) is 93.3 Å². The van der Waals surface area contributed by atoms with Gasteiger partial charge in [0.2, 0.25) is 0 Å². The molecule has 0 fully saturated rings. The van der Waals surface area contributed by atoms with Crippen molar-refractivity contribution in [3.05, 3.63) is 72.8 Å². The summed E-state index contributed by atoms with van der Waals surface area (Å²) in [6.45, 7) is 5.93. The van der Waals surface area contributed by atoms with E-state index in [1.54, 1.807) is 14.2 Å². The maximum absolute atomic E-state index is 11.1. The second kappa shape index (κ2) is 22.4. The monoisotopic (exact) mass is 631 g/mol. The van der Waals surface area contributed by atoms with Gasteiger partial charge in [-0.1, -0.05) is 39.0 Å². The highest BCUT2D eigenvalue weighted by atomic mass is 16.5. The Kier molecular flexibility index (Phi) is 17.7. The standard InChI is InChI=1S/C36H49N5O5/c1-4-36(42)46-27-11-9-7-5-6-8-10-26-45-35-22-18-33(19-23-35)40-38-31-14-12-30(13-15-31)37-39-32-16-20-34(21-17-32)41(24-28-43-2)25-29-44-3/h12-23H,4-11,24-29H2,1-3H3. The molecule has 10 heteroatoms. The van der Waals surface area contributed by atoms with Crippen LogP contribution in [0.5, 0.6) is 5.75 Å². The minimum absolute atomic E-state index is 0.111. The lowest BCUT2D eigenvalue weighted by molar-refractivity contribution is -0.143. The van der Waals surface area contributed by atoms with Crippen molar-refractivity contribution in [3.63, 3.8) is 0 Å². The van der Waals surface area contributed by atoms with Crippen molar-refractivity contribution in [2.75, 3.05) is 58.6 Å². The average Bonchev–Trinajstić information content (AvgIpc) is 3.10. The van der Waals surface area contributed by atoms with Gasteiger partial charge in [-0.05, 0) is 85.6 Å². The summed E-state index contributed by atoms with van der Waals surface area (Å²) < 4.78 is 21.4. The number of carbonyl (C=O) groups excluding carboxylic acids is 1. The molecule has 0 N–H and O–H groups in total. The lowest BCUT2D eigenvalue weighted by atomic mass is 10.1. The highest BCUT2D eigenvalue weighted by Crippen LogP contribution is 2.26. The van der Waals surface area contributed by atoms with Crippen molar-refractivity contribution in [3.8, 4) is 5.75 Å². The first kappa shape index (κ1) is 36.3. The lowest BCUT2D eigenvalue weighted by Crippen LogP contribution is -2.30. The normalized spacial score (nSPS) is 11.4. The largest absolute Gasteiger partial charge is 0.494 e. The van der Waals surface area contributed by atoms with Gasteiger partial charge in [-0.3, -0.25) is 4.79 Å². The summed E-state index contributed by atoms with van der Waals surface area (Å²) in [6.07, 6.45) is 8.26. The van der Waals surface area contributed by atoms with Gasteiger partial charge in [-0.2, -0.15) is 20.5 Å². The molecule has 3 aromatic carbocycles. The summed E-state index contributed by atoms with van der Waals surface area (Å²) in [5, 5.41) is 17.4. The molecule has 3 rings (SSSR count). The highest BCUT2D eigenvalue weighted by molar-refractivity contribution is 5.68. The molecular formula is C36H49N5O5. The van der Waals surface area contributed by atoms with Gasteiger partial charge in [0.25, 0.3) is 0 Å². The highest BCUT2D eigenvalue weighted by Gasteiger charge is 2.06. The molecule has 0 heterocycles. The van der Waals surface area contributed by atoms with Crippen LogP contribution in [-0.4, -0.2) is 59.7 Å². The number of azo groups is 2. The quantitative estimate of drug-likeness (QED) is 0.0586. The minimum Gasteiger partial charge on any atom is -0.494 e. The molecular weight excluding hydrogens is 582 g/mol. The summed E-state index contributed by atoms with van der Waals surface area (Å²) in [5.41, 5.74) is 4.08. The summed E-state index contributed by atoms with van der Waals surface area (Å²) in [5.74, 6) is 0.722. The van der Waals surface area contributed by atoms with E-state index in [0.29, 0.717) is 32.8 Å². The molecule has 3 aromatic rings. The predicted molar refractivity (Wildman–Crippen MR) is 183 cm³/mol. The molecule has 0 bridgehead atoms. The Hall–Kier alpha value is -4.15. The number of unbranched alkanes of at least 4 members (excludes halogenated alkanes) is 6. The van der Waals surface area contributed by atoms with Crippen molar-refractivity contribution in [1.82, 2.24) is 0 Å². The zero-order chi connectivity index (χ0) is 32.7. The zero-order valence-electron chi connectivity index (χ0n) is 27.6. The van der Waals surface area contributed by atoms with Gasteiger partial charge in [0.15, 0.2) is 0 Å². The first-order valence-corrected chi connectivity index (χ1v) is 16.3. The SMILES string of the molecule is CCC(=O)OCCCCCCCCCOc1ccc(N=Nc2ccc(N=Nc3ccc(N(CCOC)CCOC)cc3)cc2)cc1.